The average molecular weight is 234 g/mol. The van der Waals surface area contributed by atoms with Crippen molar-refractivity contribution in [1.82, 2.24) is 20.2 Å². The number of nitrogens with one attached hydrogen (secondary N) is 2. The molecule has 0 aliphatic rings. The first-order chi connectivity index (χ1) is 8.22. The number of H-pyrrole nitrogens is 2. The molecule has 0 aromatic carbocycles. The molecule has 0 unspecified atom stereocenters. The van der Waals surface area contributed by atoms with Gasteiger partial charge in [0.15, 0.2) is 5.65 Å². The number of aromatic amines is 2. The van der Waals surface area contributed by atoms with Gasteiger partial charge in [0.05, 0.1) is 25.6 Å². The number of carbonyl (C=O) groups is 1. The number of esters is 1. The van der Waals surface area contributed by atoms with Crippen molar-refractivity contribution in [3.05, 3.63) is 28.5 Å². The van der Waals surface area contributed by atoms with E-state index in [-0.39, 0.29) is 17.9 Å². The molecule has 0 aliphatic heterocycles. The highest BCUT2D eigenvalue weighted by Crippen LogP contribution is 2.09. The van der Waals surface area contributed by atoms with Crippen LogP contribution in [0.25, 0.3) is 17.1 Å². The van der Waals surface area contributed by atoms with Gasteiger partial charge in [0.25, 0.3) is 5.56 Å². The molecule has 88 valence electrons. The van der Waals surface area contributed by atoms with Crippen LogP contribution in [0.4, 0.5) is 0 Å². The number of nitrogens with zero attached hydrogens (tertiary/aromatic N) is 2. The van der Waals surface area contributed by atoms with E-state index in [9.17, 15) is 9.59 Å². The van der Waals surface area contributed by atoms with E-state index in [0.29, 0.717) is 16.7 Å². The van der Waals surface area contributed by atoms with E-state index in [0.717, 1.165) is 0 Å². The average Bonchev–Trinajstić information content (AvgIpc) is 2.74. The molecule has 2 rings (SSSR count). The zero-order chi connectivity index (χ0) is 12.3. The molecule has 0 aliphatic carbocycles. The maximum atomic E-state index is 11.5. The Morgan fingerprint density at radius 2 is 2.41 bits per heavy atom. The number of fused-ring (bicyclic) bond motifs is 1. The Kier molecular flexibility index (Phi) is 2.99. The van der Waals surface area contributed by atoms with Crippen LogP contribution in [0.15, 0.2) is 17.2 Å². The van der Waals surface area contributed by atoms with Crippen LogP contribution in [0.1, 0.15) is 12.1 Å². The van der Waals surface area contributed by atoms with Crippen LogP contribution in [0, 0.1) is 0 Å². The third-order valence-corrected chi connectivity index (χ3v) is 2.18. The van der Waals surface area contributed by atoms with Crippen LogP contribution < -0.4 is 5.56 Å². The van der Waals surface area contributed by atoms with Gasteiger partial charge in [0.1, 0.15) is 5.39 Å². The first-order valence-corrected chi connectivity index (χ1v) is 4.87. The minimum absolute atomic E-state index is 0.134. The van der Waals surface area contributed by atoms with Crippen molar-refractivity contribution in [2.24, 2.45) is 0 Å². The Morgan fingerprint density at radius 1 is 1.59 bits per heavy atom. The van der Waals surface area contributed by atoms with Crippen LogP contribution in [-0.4, -0.2) is 33.2 Å². The Hall–Kier alpha value is -2.44. The van der Waals surface area contributed by atoms with E-state index >= 15 is 0 Å². The van der Waals surface area contributed by atoms with Gasteiger partial charge >= 0.3 is 5.97 Å². The molecular formula is C10H10N4O3. The lowest BCUT2D eigenvalue weighted by molar-refractivity contribution is -0.139. The summed E-state index contributed by atoms with van der Waals surface area (Å²) >= 11 is 0. The second-order valence-electron chi connectivity index (χ2n) is 3.25. The van der Waals surface area contributed by atoms with Crippen molar-refractivity contribution in [2.45, 2.75) is 6.42 Å². The van der Waals surface area contributed by atoms with E-state index in [4.69, 9.17) is 0 Å². The van der Waals surface area contributed by atoms with Crippen LogP contribution in [-0.2, 0) is 9.53 Å². The van der Waals surface area contributed by atoms with Gasteiger partial charge in [-0.25, -0.2) is 4.98 Å². The highest BCUT2D eigenvalue weighted by Gasteiger charge is 2.07. The molecule has 0 spiro atoms. The van der Waals surface area contributed by atoms with Gasteiger partial charge in [-0.2, -0.15) is 5.10 Å². The van der Waals surface area contributed by atoms with Gasteiger partial charge in [-0.1, -0.05) is 6.08 Å². The van der Waals surface area contributed by atoms with E-state index in [1.54, 1.807) is 12.2 Å². The molecule has 0 fully saturated rings. The number of rotatable bonds is 3. The Balaban J connectivity index is 2.31. The van der Waals surface area contributed by atoms with Crippen molar-refractivity contribution < 1.29 is 9.53 Å². The minimum Gasteiger partial charge on any atom is -0.469 e. The van der Waals surface area contributed by atoms with Gasteiger partial charge in [-0.3, -0.25) is 14.7 Å². The van der Waals surface area contributed by atoms with E-state index < -0.39 is 0 Å². The van der Waals surface area contributed by atoms with Gasteiger partial charge in [0.2, 0.25) is 0 Å². The number of methoxy groups -OCH3 is 1. The first kappa shape index (κ1) is 11.1. The van der Waals surface area contributed by atoms with Crippen LogP contribution in [0.3, 0.4) is 0 Å². The Morgan fingerprint density at radius 3 is 3.18 bits per heavy atom. The lowest BCUT2D eigenvalue weighted by atomic mass is 10.2. The third-order valence-electron chi connectivity index (χ3n) is 2.18. The van der Waals surface area contributed by atoms with Crippen LogP contribution >= 0.6 is 0 Å². The molecule has 0 amide bonds. The molecule has 2 aromatic rings. The van der Waals surface area contributed by atoms with E-state index in [2.05, 4.69) is 24.9 Å². The molecule has 0 radical (unpaired) electrons. The fourth-order valence-corrected chi connectivity index (χ4v) is 1.36. The number of hydrogen-bond acceptors (Lipinski definition) is 5. The molecule has 0 bridgehead atoms. The molecule has 7 heteroatoms. The standard InChI is InChI=1S/C10H10N4O3/c1-17-7(15)4-2-3-6-8-9(14-13-6)11-5-12-10(8)16/h2-3,5H,4H2,1H3,(H2,11,12,13,14,16). The summed E-state index contributed by atoms with van der Waals surface area (Å²) in [6.07, 6.45) is 4.61. The molecule has 7 nitrogen and oxygen atoms in total. The van der Waals surface area contributed by atoms with Crippen molar-refractivity contribution in [3.8, 4) is 0 Å². The number of ether oxygens (including phenoxy) is 1. The van der Waals surface area contributed by atoms with Crippen molar-refractivity contribution >= 4 is 23.1 Å². The fourth-order valence-electron chi connectivity index (χ4n) is 1.36. The summed E-state index contributed by atoms with van der Waals surface area (Å²) < 4.78 is 4.48. The minimum atomic E-state index is -0.350. The predicted octanol–water partition coefficient (Wildman–Crippen LogP) is 0.222. The summed E-state index contributed by atoms with van der Waals surface area (Å²) in [5, 5.41) is 6.92. The molecule has 2 heterocycles. The Bertz CT molecular complexity index is 626. The van der Waals surface area contributed by atoms with Crippen molar-refractivity contribution in [1.29, 1.82) is 0 Å². The number of carbonyl (C=O) groups excluding carboxylic acids is 1. The molecule has 17 heavy (non-hydrogen) atoms. The topological polar surface area (TPSA) is 101 Å². The highest BCUT2D eigenvalue weighted by molar-refractivity contribution is 5.83. The Labute approximate surface area is 95.5 Å². The lowest BCUT2D eigenvalue weighted by Crippen LogP contribution is -2.05. The molecule has 0 saturated carbocycles. The lowest BCUT2D eigenvalue weighted by Gasteiger charge is -1.91. The molecule has 0 saturated heterocycles. The van der Waals surface area contributed by atoms with Crippen molar-refractivity contribution in [3.63, 3.8) is 0 Å². The molecular weight excluding hydrogens is 224 g/mol. The summed E-state index contributed by atoms with van der Waals surface area (Å²) in [5.74, 6) is -0.350. The SMILES string of the molecule is COC(=O)CC=Cc1[nH]nc2nc[nH]c(=O)c12. The summed E-state index contributed by atoms with van der Waals surface area (Å²) in [4.78, 5) is 28.8. The monoisotopic (exact) mass is 234 g/mol. The number of hydrogen-bond donors (Lipinski definition) is 2. The maximum absolute atomic E-state index is 11.5. The quantitative estimate of drug-likeness (QED) is 0.740. The highest BCUT2D eigenvalue weighted by atomic mass is 16.5. The molecule has 2 aromatic heterocycles. The summed E-state index contributed by atoms with van der Waals surface area (Å²) in [6, 6.07) is 0. The van der Waals surface area contributed by atoms with Gasteiger partial charge in [-0.15, -0.1) is 0 Å². The summed E-state index contributed by atoms with van der Waals surface area (Å²) in [6.45, 7) is 0. The summed E-state index contributed by atoms with van der Waals surface area (Å²) in [5.41, 5.74) is 0.575. The summed E-state index contributed by atoms with van der Waals surface area (Å²) in [7, 11) is 1.32. The smallest absolute Gasteiger partial charge is 0.309 e. The van der Waals surface area contributed by atoms with Crippen LogP contribution in [0.2, 0.25) is 0 Å². The second-order valence-corrected chi connectivity index (χ2v) is 3.25. The second kappa shape index (κ2) is 4.60. The van der Waals surface area contributed by atoms with Crippen LogP contribution in [0.5, 0.6) is 0 Å². The van der Waals surface area contributed by atoms with E-state index in [1.165, 1.54) is 13.4 Å². The zero-order valence-corrected chi connectivity index (χ0v) is 9.06. The molecule has 0 atom stereocenters. The van der Waals surface area contributed by atoms with E-state index in [1.807, 2.05) is 0 Å². The maximum Gasteiger partial charge on any atom is 0.309 e. The van der Waals surface area contributed by atoms with Gasteiger partial charge in [0, 0.05) is 0 Å². The zero-order valence-electron chi connectivity index (χ0n) is 9.06. The largest absolute Gasteiger partial charge is 0.469 e. The van der Waals surface area contributed by atoms with Gasteiger partial charge in [-0.05, 0) is 6.08 Å². The predicted molar refractivity (Wildman–Crippen MR) is 60.2 cm³/mol. The first-order valence-electron chi connectivity index (χ1n) is 4.87. The molecule has 2 N–H and O–H groups in total. The third kappa shape index (κ3) is 2.22. The van der Waals surface area contributed by atoms with Crippen molar-refractivity contribution in [2.75, 3.05) is 7.11 Å². The van der Waals surface area contributed by atoms with Gasteiger partial charge < -0.3 is 9.72 Å². The normalized spacial score (nSPS) is 11.1. The fraction of sp³-hybridized carbons (Fsp3) is 0.200. The number of aromatic nitrogens is 4.